The molecule has 1 unspecified atom stereocenters. The smallest absolute Gasteiger partial charge is 0.274 e. The number of hydrogen-bond donors (Lipinski definition) is 0. The second kappa shape index (κ2) is 9.33. The van der Waals surface area contributed by atoms with Gasteiger partial charge in [0.25, 0.3) is 5.91 Å². The van der Waals surface area contributed by atoms with Crippen molar-refractivity contribution in [2.45, 2.75) is 44.9 Å². The topological polar surface area (TPSA) is 49.3 Å². The van der Waals surface area contributed by atoms with Gasteiger partial charge in [-0.15, -0.1) is 0 Å². The number of anilines is 1. The molecule has 2 saturated heterocycles. The summed E-state index contributed by atoms with van der Waals surface area (Å²) in [5.74, 6) is 1.15. The summed E-state index contributed by atoms with van der Waals surface area (Å²) in [4.78, 5) is 25.8. The van der Waals surface area contributed by atoms with Crippen LogP contribution in [-0.4, -0.2) is 47.0 Å². The van der Waals surface area contributed by atoms with Gasteiger partial charge in [0.1, 0.15) is 17.3 Å². The number of nitrogens with zero attached hydrogens (tertiary/aromatic N) is 4. The van der Waals surface area contributed by atoms with Gasteiger partial charge < -0.3 is 9.80 Å². The number of benzene rings is 1. The van der Waals surface area contributed by atoms with E-state index >= 15 is 0 Å². The van der Waals surface area contributed by atoms with Crippen molar-refractivity contribution >= 4 is 11.7 Å². The summed E-state index contributed by atoms with van der Waals surface area (Å²) in [6.07, 6.45) is 10.6. The molecule has 0 bridgehead atoms. The van der Waals surface area contributed by atoms with Gasteiger partial charge in [0.05, 0.1) is 12.4 Å². The lowest BCUT2D eigenvalue weighted by atomic mass is 9.91. The molecule has 0 saturated carbocycles. The van der Waals surface area contributed by atoms with Crippen LogP contribution in [0.15, 0.2) is 36.7 Å². The number of aryl methyl sites for hydroxylation is 1. The van der Waals surface area contributed by atoms with E-state index in [4.69, 9.17) is 0 Å². The molecule has 2 aliphatic rings. The highest BCUT2D eigenvalue weighted by Gasteiger charge is 2.24. The number of carbonyl (C=O) groups excluding carboxylic acids is 1. The second-order valence-corrected chi connectivity index (χ2v) is 8.20. The van der Waals surface area contributed by atoms with Crippen LogP contribution in [0.4, 0.5) is 10.2 Å². The SMILES string of the molecule is O=C(c1cncc(N2CCCC(CCc3ccccc3F)C2)n1)N1CCCCC1. The Balaban J connectivity index is 1.39. The molecule has 3 heterocycles. The predicted molar refractivity (Wildman–Crippen MR) is 111 cm³/mol. The Bertz CT molecular complexity index is 837. The lowest BCUT2D eigenvalue weighted by molar-refractivity contribution is 0.0718. The molecule has 2 fully saturated rings. The molecule has 1 atom stereocenters. The summed E-state index contributed by atoms with van der Waals surface area (Å²) in [5.41, 5.74) is 1.23. The van der Waals surface area contributed by atoms with Crippen molar-refractivity contribution < 1.29 is 9.18 Å². The van der Waals surface area contributed by atoms with Crippen molar-refractivity contribution in [2.75, 3.05) is 31.1 Å². The van der Waals surface area contributed by atoms with Crippen LogP contribution in [0, 0.1) is 11.7 Å². The third kappa shape index (κ3) is 4.92. The molecule has 2 aliphatic heterocycles. The second-order valence-electron chi connectivity index (χ2n) is 8.20. The van der Waals surface area contributed by atoms with Crippen molar-refractivity contribution in [3.8, 4) is 0 Å². The summed E-state index contributed by atoms with van der Waals surface area (Å²) in [6, 6.07) is 7.03. The molecule has 1 aromatic heterocycles. The van der Waals surface area contributed by atoms with E-state index in [1.54, 1.807) is 18.5 Å². The molecule has 0 spiro atoms. The zero-order valence-electron chi connectivity index (χ0n) is 16.9. The summed E-state index contributed by atoms with van der Waals surface area (Å²) in [6.45, 7) is 3.43. The fourth-order valence-corrected chi connectivity index (χ4v) is 4.44. The minimum atomic E-state index is -0.116. The van der Waals surface area contributed by atoms with Crippen LogP contribution >= 0.6 is 0 Å². The van der Waals surface area contributed by atoms with Gasteiger partial charge >= 0.3 is 0 Å². The van der Waals surface area contributed by atoms with Gasteiger partial charge in [-0.05, 0) is 62.5 Å². The molecule has 1 aromatic carbocycles. The van der Waals surface area contributed by atoms with Crippen molar-refractivity contribution in [3.05, 3.63) is 53.7 Å². The number of hydrogen-bond acceptors (Lipinski definition) is 4. The summed E-state index contributed by atoms with van der Waals surface area (Å²) in [5, 5.41) is 0. The highest BCUT2D eigenvalue weighted by molar-refractivity contribution is 5.92. The molecule has 6 heteroatoms. The third-order valence-corrected chi connectivity index (χ3v) is 6.11. The molecule has 154 valence electrons. The Morgan fingerprint density at radius 1 is 1.07 bits per heavy atom. The van der Waals surface area contributed by atoms with E-state index in [0.717, 1.165) is 76.1 Å². The normalized spacial score (nSPS) is 20.0. The predicted octanol–water partition coefficient (Wildman–Crippen LogP) is 4.09. The first-order valence-corrected chi connectivity index (χ1v) is 10.8. The van der Waals surface area contributed by atoms with E-state index in [1.807, 2.05) is 17.0 Å². The average molecular weight is 397 g/mol. The zero-order chi connectivity index (χ0) is 20.1. The number of piperidine rings is 2. The Morgan fingerprint density at radius 3 is 2.72 bits per heavy atom. The number of rotatable bonds is 5. The molecule has 4 rings (SSSR count). The maximum absolute atomic E-state index is 13.9. The maximum Gasteiger partial charge on any atom is 0.274 e. The largest absolute Gasteiger partial charge is 0.355 e. The Labute approximate surface area is 172 Å². The number of amides is 1. The van der Waals surface area contributed by atoms with E-state index in [0.29, 0.717) is 11.6 Å². The van der Waals surface area contributed by atoms with Crippen molar-refractivity contribution in [2.24, 2.45) is 5.92 Å². The molecule has 0 N–H and O–H groups in total. The molecule has 2 aromatic rings. The number of halogens is 1. The zero-order valence-corrected chi connectivity index (χ0v) is 16.9. The first-order chi connectivity index (χ1) is 14.2. The van der Waals surface area contributed by atoms with Crippen LogP contribution in [0.3, 0.4) is 0 Å². The van der Waals surface area contributed by atoms with Crippen LogP contribution in [-0.2, 0) is 6.42 Å². The van der Waals surface area contributed by atoms with Gasteiger partial charge in [-0.3, -0.25) is 9.78 Å². The van der Waals surface area contributed by atoms with Gasteiger partial charge in [0.15, 0.2) is 0 Å². The summed E-state index contributed by atoms with van der Waals surface area (Å²) in [7, 11) is 0. The lowest BCUT2D eigenvalue weighted by Crippen LogP contribution is -2.38. The quantitative estimate of drug-likeness (QED) is 0.764. The standard InChI is InChI=1S/C23H29FN4O/c24-20-9-3-2-8-19(20)11-10-18-7-6-14-28(17-18)22-16-25-15-21(26-22)23(29)27-12-4-1-5-13-27/h2-3,8-9,15-16,18H,1,4-7,10-14,17H2. The van der Waals surface area contributed by atoms with Gasteiger partial charge in [-0.25, -0.2) is 9.37 Å². The van der Waals surface area contributed by atoms with E-state index in [1.165, 1.54) is 12.5 Å². The molecule has 1 amide bonds. The lowest BCUT2D eigenvalue weighted by Gasteiger charge is -2.34. The highest BCUT2D eigenvalue weighted by atomic mass is 19.1. The van der Waals surface area contributed by atoms with Crippen molar-refractivity contribution in [1.82, 2.24) is 14.9 Å². The van der Waals surface area contributed by atoms with E-state index in [9.17, 15) is 9.18 Å². The Hall–Kier alpha value is -2.50. The first kappa shape index (κ1) is 19.8. The number of aromatic nitrogens is 2. The molecule has 5 nitrogen and oxygen atoms in total. The van der Waals surface area contributed by atoms with Crippen LogP contribution in [0.25, 0.3) is 0 Å². The Kier molecular flexibility index (Phi) is 6.37. The highest BCUT2D eigenvalue weighted by Crippen LogP contribution is 2.25. The summed E-state index contributed by atoms with van der Waals surface area (Å²) >= 11 is 0. The maximum atomic E-state index is 13.9. The van der Waals surface area contributed by atoms with E-state index in [-0.39, 0.29) is 11.7 Å². The molecule has 29 heavy (non-hydrogen) atoms. The first-order valence-electron chi connectivity index (χ1n) is 10.8. The molecular weight excluding hydrogens is 367 g/mol. The Morgan fingerprint density at radius 2 is 1.90 bits per heavy atom. The fourth-order valence-electron chi connectivity index (χ4n) is 4.44. The van der Waals surface area contributed by atoms with Crippen LogP contribution in [0.5, 0.6) is 0 Å². The van der Waals surface area contributed by atoms with Crippen molar-refractivity contribution in [1.29, 1.82) is 0 Å². The van der Waals surface area contributed by atoms with Gasteiger partial charge in [0, 0.05) is 26.2 Å². The minimum absolute atomic E-state index is 0.00726. The number of likely N-dealkylation sites (tertiary alicyclic amines) is 1. The van der Waals surface area contributed by atoms with Gasteiger partial charge in [-0.2, -0.15) is 0 Å². The molecule has 0 radical (unpaired) electrons. The van der Waals surface area contributed by atoms with Crippen molar-refractivity contribution in [3.63, 3.8) is 0 Å². The van der Waals surface area contributed by atoms with Gasteiger partial charge in [0.2, 0.25) is 0 Å². The van der Waals surface area contributed by atoms with Crippen LogP contribution in [0.2, 0.25) is 0 Å². The van der Waals surface area contributed by atoms with Crippen LogP contribution in [0.1, 0.15) is 54.6 Å². The fraction of sp³-hybridized carbons (Fsp3) is 0.522. The summed E-state index contributed by atoms with van der Waals surface area (Å²) < 4.78 is 13.9. The number of carbonyl (C=O) groups is 1. The monoisotopic (exact) mass is 396 g/mol. The van der Waals surface area contributed by atoms with Crippen LogP contribution < -0.4 is 4.90 Å². The third-order valence-electron chi connectivity index (χ3n) is 6.11. The molecule has 0 aliphatic carbocycles. The van der Waals surface area contributed by atoms with Gasteiger partial charge in [-0.1, -0.05) is 18.2 Å². The minimum Gasteiger partial charge on any atom is -0.355 e. The van der Waals surface area contributed by atoms with E-state index < -0.39 is 0 Å². The van der Waals surface area contributed by atoms with E-state index in [2.05, 4.69) is 14.9 Å². The average Bonchev–Trinajstić information content (AvgIpc) is 2.79. The molecular formula is C23H29FN4O.